The van der Waals surface area contributed by atoms with Gasteiger partial charge in [0.2, 0.25) is 0 Å². The highest BCUT2D eigenvalue weighted by molar-refractivity contribution is 5.27. The third kappa shape index (κ3) is 1.76. The number of hydrogen-bond acceptors (Lipinski definition) is 1. The third-order valence-electron chi connectivity index (χ3n) is 3.42. The molecule has 0 amide bonds. The molecular weight excluding hydrogens is 196 g/mol. The molecular formula is C12H15F2N. The van der Waals surface area contributed by atoms with Crippen molar-refractivity contribution < 1.29 is 8.78 Å². The molecule has 1 aliphatic carbocycles. The van der Waals surface area contributed by atoms with Crippen molar-refractivity contribution in [3.63, 3.8) is 0 Å². The number of hydrogen-bond donors (Lipinski definition) is 1. The molecule has 1 aromatic rings. The Kier molecular flexibility index (Phi) is 2.74. The summed E-state index contributed by atoms with van der Waals surface area (Å²) in [5.74, 6) is -0.296. The Morgan fingerprint density at radius 2 is 2.13 bits per heavy atom. The molecule has 2 rings (SSSR count). The summed E-state index contributed by atoms with van der Waals surface area (Å²) in [6, 6.07) is 3.79. The molecule has 3 atom stereocenters. The van der Waals surface area contributed by atoms with Gasteiger partial charge in [-0.15, -0.1) is 0 Å². The standard InChI is InChI=1S/C12H15F2N/c1-2-8-9(6-12(8)15)10-5-7(13)3-4-11(10)14/h3-5,8-9,12H,2,6,15H2,1H3. The Hall–Kier alpha value is -0.960. The van der Waals surface area contributed by atoms with Crippen molar-refractivity contribution in [3.8, 4) is 0 Å². The van der Waals surface area contributed by atoms with Gasteiger partial charge < -0.3 is 5.73 Å². The van der Waals surface area contributed by atoms with Gasteiger partial charge in [-0.2, -0.15) is 0 Å². The zero-order valence-electron chi connectivity index (χ0n) is 8.71. The highest BCUT2D eigenvalue weighted by atomic mass is 19.1. The van der Waals surface area contributed by atoms with Crippen LogP contribution in [0, 0.1) is 17.6 Å². The van der Waals surface area contributed by atoms with Gasteiger partial charge in [-0.25, -0.2) is 8.78 Å². The monoisotopic (exact) mass is 211 g/mol. The molecule has 1 nitrogen and oxygen atoms in total. The molecule has 0 aliphatic heterocycles. The van der Waals surface area contributed by atoms with E-state index in [2.05, 4.69) is 0 Å². The molecule has 3 heteroatoms. The highest BCUT2D eigenvalue weighted by Crippen LogP contribution is 2.44. The molecule has 0 saturated heterocycles. The molecule has 1 aliphatic rings. The lowest BCUT2D eigenvalue weighted by Gasteiger charge is -2.42. The summed E-state index contributed by atoms with van der Waals surface area (Å²) in [6.45, 7) is 2.04. The van der Waals surface area contributed by atoms with Crippen LogP contribution in [0.1, 0.15) is 31.2 Å². The van der Waals surface area contributed by atoms with Crippen LogP contribution in [0.5, 0.6) is 0 Å². The zero-order chi connectivity index (χ0) is 11.0. The first-order chi connectivity index (χ1) is 7.13. The minimum atomic E-state index is -0.373. The summed E-state index contributed by atoms with van der Waals surface area (Å²) >= 11 is 0. The predicted molar refractivity (Wildman–Crippen MR) is 55.5 cm³/mol. The van der Waals surface area contributed by atoms with E-state index in [0.717, 1.165) is 18.9 Å². The fourth-order valence-corrected chi connectivity index (χ4v) is 2.49. The van der Waals surface area contributed by atoms with E-state index < -0.39 is 0 Å². The van der Waals surface area contributed by atoms with Crippen LogP contribution in [0.15, 0.2) is 18.2 Å². The van der Waals surface area contributed by atoms with Crippen LogP contribution in [0.2, 0.25) is 0 Å². The summed E-state index contributed by atoms with van der Waals surface area (Å²) in [5, 5.41) is 0. The summed E-state index contributed by atoms with van der Waals surface area (Å²) < 4.78 is 26.5. The van der Waals surface area contributed by atoms with Crippen LogP contribution in [0.4, 0.5) is 8.78 Å². The summed E-state index contributed by atoms with van der Waals surface area (Å²) in [4.78, 5) is 0. The molecule has 0 spiro atoms. The Morgan fingerprint density at radius 1 is 1.40 bits per heavy atom. The van der Waals surface area contributed by atoms with Gasteiger partial charge in [0, 0.05) is 6.04 Å². The smallest absolute Gasteiger partial charge is 0.126 e. The van der Waals surface area contributed by atoms with Crippen molar-refractivity contribution in [1.29, 1.82) is 0 Å². The van der Waals surface area contributed by atoms with Crippen LogP contribution in [-0.2, 0) is 0 Å². The lowest BCUT2D eigenvalue weighted by atomic mass is 9.65. The van der Waals surface area contributed by atoms with E-state index in [1.807, 2.05) is 6.92 Å². The minimum absolute atomic E-state index is 0.0979. The van der Waals surface area contributed by atoms with Crippen molar-refractivity contribution in [1.82, 2.24) is 0 Å². The van der Waals surface area contributed by atoms with E-state index in [1.54, 1.807) is 0 Å². The summed E-state index contributed by atoms with van der Waals surface area (Å²) in [7, 11) is 0. The zero-order valence-corrected chi connectivity index (χ0v) is 8.71. The van der Waals surface area contributed by atoms with Crippen molar-refractivity contribution in [3.05, 3.63) is 35.4 Å². The molecule has 0 heterocycles. The topological polar surface area (TPSA) is 26.0 Å². The fraction of sp³-hybridized carbons (Fsp3) is 0.500. The molecule has 82 valence electrons. The number of rotatable bonds is 2. The van der Waals surface area contributed by atoms with Gasteiger partial charge in [0.25, 0.3) is 0 Å². The maximum atomic E-state index is 13.5. The van der Waals surface area contributed by atoms with Crippen LogP contribution >= 0.6 is 0 Å². The average molecular weight is 211 g/mol. The van der Waals surface area contributed by atoms with Crippen molar-refractivity contribution in [2.75, 3.05) is 0 Å². The third-order valence-corrected chi connectivity index (χ3v) is 3.42. The molecule has 1 fully saturated rings. The van der Waals surface area contributed by atoms with Gasteiger partial charge in [-0.05, 0) is 42.0 Å². The van der Waals surface area contributed by atoms with E-state index in [1.165, 1.54) is 12.1 Å². The first-order valence-electron chi connectivity index (χ1n) is 5.34. The van der Waals surface area contributed by atoms with E-state index in [4.69, 9.17) is 5.73 Å². The van der Waals surface area contributed by atoms with Gasteiger partial charge in [-0.3, -0.25) is 0 Å². The second kappa shape index (κ2) is 3.89. The normalized spacial score (nSPS) is 30.0. The highest BCUT2D eigenvalue weighted by Gasteiger charge is 2.39. The van der Waals surface area contributed by atoms with Crippen LogP contribution in [0.25, 0.3) is 0 Å². The van der Waals surface area contributed by atoms with Crippen LogP contribution in [0.3, 0.4) is 0 Å². The number of nitrogens with two attached hydrogens (primary N) is 1. The quantitative estimate of drug-likeness (QED) is 0.799. The molecule has 3 unspecified atom stereocenters. The van der Waals surface area contributed by atoms with Crippen molar-refractivity contribution in [2.45, 2.75) is 31.7 Å². The van der Waals surface area contributed by atoms with Crippen molar-refractivity contribution in [2.24, 2.45) is 11.7 Å². The molecule has 1 saturated carbocycles. The molecule has 0 aromatic heterocycles. The second-order valence-corrected chi connectivity index (χ2v) is 4.24. The largest absolute Gasteiger partial charge is 0.327 e. The molecule has 15 heavy (non-hydrogen) atoms. The van der Waals surface area contributed by atoms with Crippen LogP contribution < -0.4 is 5.73 Å². The summed E-state index contributed by atoms with van der Waals surface area (Å²) in [6.07, 6.45) is 1.68. The first kappa shape index (κ1) is 10.6. The molecule has 0 bridgehead atoms. The van der Waals surface area contributed by atoms with Gasteiger partial charge >= 0.3 is 0 Å². The Balaban J connectivity index is 2.26. The fourth-order valence-electron chi connectivity index (χ4n) is 2.49. The molecule has 1 aromatic carbocycles. The second-order valence-electron chi connectivity index (χ2n) is 4.24. The van der Waals surface area contributed by atoms with E-state index in [9.17, 15) is 8.78 Å². The van der Waals surface area contributed by atoms with Gasteiger partial charge in [0.05, 0.1) is 0 Å². The maximum absolute atomic E-state index is 13.5. The number of halogens is 2. The minimum Gasteiger partial charge on any atom is -0.327 e. The molecule has 2 N–H and O–H groups in total. The van der Waals surface area contributed by atoms with Gasteiger partial charge in [-0.1, -0.05) is 13.3 Å². The van der Waals surface area contributed by atoms with Crippen molar-refractivity contribution >= 4 is 0 Å². The SMILES string of the molecule is CCC1C(N)CC1c1cc(F)ccc1F. The van der Waals surface area contributed by atoms with Gasteiger partial charge in [0.15, 0.2) is 0 Å². The van der Waals surface area contributed by atoms with E-state index in [0.29, 0.717) is 11.5 Å². The van der Waals surface area contributed by atoms with E-state index >= 15 is 0 Å². The Labute approximate surface area is 88.3 Å². The maximum Gasteiger partial charge on any atom is 0.126 e. The lowest BCUT2D eigenvalue weighted by Crippen LogP contribution is -2.45. The molecule has 0 radical (unpaired) electrons. The number of benzene rings is 1. The average Bonchev–Trinajstić information content (AvgIpc) is 2.19. The predicted octanol–water partition coefficient (Wildman–Crippen LogP) is 2.81. The first-order valence-corrected chi connectivity index (χ1v) is 5.34. The summed E-state index contributed by atoms with van der Waals surface area (Å²) in [5.41, 5.74) is 6.32. The van der Waals surface area contributed by atoms with Crippen LogP contribution in [-0.4, -0.2) is 6.04 Å². The van der Waals surface area contributed by atoms with Gasteiger partial charge in [0.1, 0.15) is 11.6 Å². The Bertz CT molecular complexity index is 365. The lowest BCUT2D eigenvalue weighted by molar-refractivity contribution is 0.194. The van der Waals surface area contributed by atoms with E-state index in [-0.39, 0.29) is 23.6 Å². The Morgan fingerprint density at radius 3 is 2.73 bits per heavy atom.